The second kappa shape index (κ2) is 10.8. The number of aliphatic hydroxyl groups excluding tert-OH is 10. The predicted octanol–water partition coefficient (Wildman–Crippen LogP) is -6.93. The van der Waals surface area contributed by atoms with Gasteiger partial charge in [-0.25, -0.2) is 0 Å². The van der Waals surface area contributed by atoms with Crippen LogP contribution in [-0.4, -0.2) is 157 Å². The third-order valence-corrected chi connectivity index (χ3v) is 5.70. The van der Waals surface area contributed by atoms with Crippen LogP contribution in [0.4, 0.5) is 0 Å². The summed E-state index contributed by atoms with van der Waals surface area (Å²) in [5.41, 5.74) is 0. The van der Waals surface area contributed by atoms with Crippen molar-refractivity contribution in [3.8, 4) is 0 Å². The highest BCUT2D eigenvalue weighted by molar-refractivity contribution is 4.95. The molecule has 0 aromatic carbocycles. The summed E-state index contributed by atoms with van der Waals surface area (Å²) in [5, 5.41) is 98.9. The Balaban J connectivity index is 1.69. The molecule has 0 aliphatic carbocycles. The minimum absolute atomic E-state index is 0.388. The van der Waals surface area contributed by atoms with Gasteiger partial charge in [0.2, 0.25) is 0 Å². The second-order valence-corrected chi connectivity index (χ2v) is 7.89. The number of rotatable bonds is 6. The highest BCUT2D eigenvalue weighted by Crippen LogP contribution is 2.31. The van der Waals surface area contributed by atoms with Crippen LogP contribution in [0.2, 0.25) is 0 Å². The fraction of sp³-hybridized carbons (Fsp3) is 1.00. The molecule has 188 valence electrons. The van der Waals surface area contributed by atoms with Gasteiger partial charge in [0.15, 0.2) is 18.9 Å². The number of ether oxygens (including phenoxy) is 5. The molecule has 3 rings (SSSR count). The first kappa shape index (κ1) is 26.0. The number of aliphatic hydroxyl groups is 10. The van der Waals surface area contributed by atoms with E-state index in [1.165, 1.54) is 0 Å². The Morgan fingerprint density at radius 3 is 1.69 bits per heavy atom. The lowest BCUT2D eigenvalue weighted by Gasteiger charge is -2.47. The summed E-state index contributed by atoms with van der Waals surface area (Å²) >= 11 is 0. The zero-order valence-electron chi connectivity index (χ0n) is 16.7. The monoisotopic (exact) mass is 474 g/mol. The van der Waals surface area contributed by atoms with Gasteiger partial charge >= 0.3 is 0 Å². The lowest BCUT2D eigenvalue weighted by molar-refractivity contribution is -0.372. The molecule has 14 atom stereocenters. The Hall–Kier alpha value is -0.600. The van der Waals surface area contributed by atoms with Crippen LogP contribution in [0.15, 0.2) is 0 Å². The van der Waals surface area contributed by atoms with Gasteiger partial charge < -0.3 is 74.7 Å². The molecular weight excluding hydrogens is 444 g/mol. The first-order valence-corrected chi connectivity index (χ1v) is 10.00. The van der Waals surface area contributed by atoms with Crippen LogP contribution in [0.5, 0.6) is 0 Å². The highest BCUT2D eigenvalue weighted by atomic mass is 16.7. The van der Waals surface area contributed by atoms with Gasteiger partial charge in [0, 0.05) is 0 Å². The van der Waals surface area contributed by atoms with Crippen molar-refractivity contribution in [1.29, 1.82) is 0 Å². The quantitative estimate of drug-likeness (QED) is 0.172. The van der Waals surface area contributed by atoms with Crippen molar-refractivity contribution in [3.05, 3.63) is 0 Å². The van der Waals surface area contributed by atoms with Gasteiger partial charge in [-0.15, -0.1) is 0 Å². The summed E-state index contributed by atoms with van der Waals surface area (Å²) in [4.78, 5) is 0. The van der Waals surface area contributed by atoms with Crippen LogP contribution in [0.1, 0.15) is 0 Å². The molecule has 0 aromatic rings. The molecule has 3 aliphatic rings. The fourth-order valence-corrected chi connectivity index (χ4v) is 3.78. The molecule has 10 N–H and O–H groups in total. The van der Waals surface area contributed by atoms with E-state index in [-0.39, 0.29) is 6.61 Å². The summed E-state index contributed by atoms with van der Waals surface area (Å²) in [6.45, 7) is -1.89. The van der Waals surface area contributed by atoms with Gasteiger partial charge in [-0.2, -0.15) is 0 Å². The number of hydrogen-bond donors (Lipinski definition) is 10. The maximum absolute atomic E-state index is 10.5. The van der Waals surface area contributed by atoms with Crippen LogP contribution in [-0.2, 0) is 23.7 Å². The van der Waals surface area contributed by atoms with E-state index in [0.717, 1.165) is 0 Å². The molecular formula is C17H30O15. The molecule has 0 radical (unpaired) electrons. The van der Waals surface area contributed by atoms with Crippen molar-refractivity contribution >= 4 is 0 Å². The molecule has 15 heteroatoms. The minimum atomic E-state index is -1.85. The minimum Gasteiger partial charge on any atom is -0.394 e. The van der Waals surface area contributed by atoms with Crippen molar-refractivity contribution < 1.29 is 74.7 Å². The van der Waals surface area contributed by atoms with E-state index in [0.29, 0.717) is 0 Å². The summed E-state index contributed by atoms with van der Waals surface area (Å²) in [6.07, 6.45) is -22.6. The average Bonchev–Trinajstić information content (AvgIpc) is 2.78. The molecule has 3 fully saturated rings. The van der Waals surface area contributed by atoms with Crippen molar-refractivity contribution in [3.63, 3.8) is 0 Å². The summed E-state index contributed by atoms with van der Waals surface area (Å²) in [6, 6.07) is 0. The first-order valence-electron chi connectivity index (χ1n) is 10.00. The molecule has 15 nitrogen and oxygen atoms in total. The Morgan fingerprint density at radius 2 is 1.09 bits per heavy atom. The van der Waals surface area contributed by atoms with Crippen LogP contribution in [0, 0.1) is 0 Å². The molecule has 0 amide bonds. The zero-order valence-corrected chi connectivity index (χ0v) is 16.7. The smallest absolute Gasteiger partial charge is 0.187 e. The van der Waals surface area contributed by atoms with Gasteiger partial charge in [0.1, 0.15) is 67.1 Å². The summed E-state index contributed by atoms with van der Waals surface area (Å²) < 4.78 is 26.3. The van der Waals surface area contributed by atoms with Crippen molar-refractivity contribution in [2.75, 3.05) is 19.8 Å². The van der Waals surface area contributed by atoms with Gasteiger partial charge in [-0.05, 0) is 0 Å². The molecule has 0 unspecified atom stereocenters. The van der Waals surface area contributed by atoms with Gasteiger partial charge in [-0.1, -0.05) is 0 Å². The topological polar surface area (TPSA) is 248 Å². The lowest BCUT2D eigenvalue weighted by atomic mass is 9.96. The Morgan fingerprint density at radius 1 is 0.594 bits per heavy atom. The van der Waals surface area contributed by atoms with Gasteiger partial charge in [0.25, 0.3) is 0 Å². The zero-order chi connectivity index (χ0) is 23.7. The van der Waals surface area contributed by atoms with E-state index in [2.05, 4.69) is 0 Å². The Kier molecular flexibility index (Phi) is 8.75. The Labute approximate surface area is 181 Å². The van der Waals surface area contributed by atoms with Crippen LogP contribution in [0.3, 0.4) is 0 Å². The molecule has 32 heavy (non-hydrogen) atoms. The van der Waals surface area contributed by atoms with E-state index >= 15 is 0 Å². The molecule has 3 aliphatic heterocycles. The maximum atomic E-state index is 10.5. The SMILES string of the molecule is OC[C@H]1O[C@H](O)[C@H](O)[C@@H](O)[C@@H]1O[C@H]1O[C@H](CO)[C@@H](O[C@H]2OC[C@@H](O)[C@H](O)[C@H]2O)[C@H](O)[C@H]1O. The molecule has 0 aromatic heterocycles. The summed E-state index contributed by atoms with van der Waals surface area (Å²) in [5.74, 6) is 0. The Bertz CT molecular complexity index is 592. The van der Waals surface area contributed by atoms with E-state index in [1.54, 1.807) is 0 Å². The molecule has 0 bridgehead atoms. The lowest BCUT2D eigenvalue weighted by Crippen LogP contribution is -2.66. The highest BCUT2D eigenvalue weighted by Gasteiger charge is 2.52. The van der Waals surface area contributed by atoms with E-state index < -0.39 is 99.2 Å². The van der Waals surface area contributed by atoms with Crippen LogP contribution in [0.25, 0.3) is 0 Å². The van der Waals surface area contributed by atoms with Crippen molar-refractivity contribution in [2.45, 2.75) is 86.0 Å². The van der Waals surface area contributed by atoms with Crippen LogP contribution < -0.4 is 0 Å². The normalized spacial score (nSPS) is 52.7. The summed E-state index contributed by atoms with van der Waals surface area (Å²) in [7, 11) is 0. The molecule has 3 saturated heterocycles. The van der Waals surface area contributed by atoms with E-state index in [9.17, 15) is 51.1 Å². The molecule has 0 saturated carbocycles. The fourth-order valence-electron chi connectivity index (χ4n) is 3.78. The largest absolute Gasteiger partial charge is 0.394 e. The van der Waals surface area contributed by atoms with Crippen LogP contribution >= 0.6 is 0 Å². The third kappa shape index (κ3) is 5.07. The molecule has 0 spiro atoms. The maximum Gasteiger partial charge on any atom is 0.187 e. The van der Waals surface area contributed by atoms with E-state index in [4.69, 9.17) is 23.7 Å². The average molecular weight is 474 g/mol. The molecule has 3 heterocycles. The van der Waals surface area contributed by atoms with E-state index in [1.807, 2.05) is 0 Å². The van der Waals surface area contributed by atoms with Crippen molar-refractivity contribution in [1.82, 2.24) is 0 Å². The third-order valence-electron chi connectivity index (χ3n) is 5.70. The predicted molar refractivity (Wildman–Crippen MR) is 95.2 cm³/mol. The second-order valence-electron chi connectivity index (χ2n) is 7.89. The van der Waals surface area contributed by atoms with Crippen molar-refractivity contribution in [2.24, 2.45) is 0 Å². The standard InChI is InChI=1S/C17H30O15/c18-1-5-13(8(22)10(24)15(27)29-5)32-17-12(26)9(23)14(6(2-19)30-17)31-16-11(25)7(21)4(20)3-28-16/h4-27H,1-3H2/t4-,5-,6-,7+,8-,9-,10-,11-,12-,13-,14-,15+,16-,17-/m1/s1. The van der Waals surface area contributed by atoms with Gasteiger partial charge in [-0.3, -0.25) is 0 Å². The van der Waals surface area contributed by atoms with Gasteiger partial charge in [0.05, 0.1) is 19.8 Å². The number of hydrogen-bond acceptors (Lipinski definition) is 15. The first-order chi connectivity index (χ1) is 15.1.